The number of benzene rings is 2. The minimum atomic E-state index is -3.71. The van der Waals surface area contributed by atoms with Crippen molar-refractivity contribution >= 4 is 21.4 Å². The van der Waals surface area contributed by atoms with E-state index in [4.69, 9.17) is 5.73 Å². The number of anilines is 2. The van der Waals surface area contributed by atoms with Gasteiger partial charge in [-0.2, -0.15) is 0 Å². The molecule has 100 valence electrons. The van der Waals surface area contributed by atoms with Crippen LogP contribution in [0.1, 0.15) is 5.56 Å². The summed E-state index contributed by atoms with van der Waals surface area (Å²) in [6.45, 7) is 1.87. The third-order valence-corrected chi connectivity index (χ3v) is 3.96. The summed E-state index contributed by atoms with van der Waals surface area (Å²) in [4.78, 5) is 0.00399. The third-order valence-electron chi connectivity index (χ3n) is 2.58. The molecule has 5 nitrogen and oxygen atoms in total. The van der Waals surface area contributed by atoms with Crippen LogP contribution in [0.5, 0.6) is 5.75 Å². The Balaban J connectivity index is 2.35. The van der Waals surface area contributed by atoms with Gasteiger partial charge in [0.15, 0.2) is 0 Å². The highest BCUT2D eigenvalue weighted by molar-refractivity contribution is 7.92. The van der Waals surface area contributed by atoms with Gasteiger partial charge in [0.25, 0.3) is 10.0 Å². The van der Waals surface area contributed by atoms with Crippen LogP contribution in [-0.4, -0.2) is 13.5 Å². The van der Waals surface area contributed by atoms with E-state index in [1.165, 1.54) is 18.2 Å². The molecule has 0 fully saturated rings. The number of hydrogen-bond acceptors (Lipinski definition) is 4. The molecule has 0 heterocycles. The number of phenols is 1. The first-order valence-electron chi connectivity index (χ1n) is 5.56. The predicted molar refractivity (Wildman–Crippen MR) is 74.5 cm³/mol. The summed E-state index contributed by atoms with van der Waals surface area (Å²) in [6.07, 6.45) is 0. The summed E-state index contributed by atoms with van der Waals surface area (Å²) in [7, 11) is -3.71. The van der Waals surface area contributed by atoms with Gasteiger partial charge in [-0.25, -0.2) is 8.42 Å². The summed E-state index contributed by atoms with van der Waals surface area (Å²) >= 11 is 0. The molecule has 0 aliphatic rings. The summed E-state index contributed by atoms with van der Waals surface area (Å²) in [6, 6.07) is 10.8. The van der Waals surface area contributed by atoms with Crippen LogP contribution in [0.25, 0.3) is 0 Å². The van der Waals surface area contributed by atoms with Crippen molar-refractivity contribution in [3.63, 3.8) is 0 Å². The van der Waals surface area contributed by atoms with E-state index in [9.17, 15) is 13.5 Å². The summed E-state index contributed by atoms with van der Waals surface area (Å²) in [5.74, 6) is -0.144. The minimum absolute atomic E-state index is 0.00399. The van der Waals surface area contributed by atoms with E-state index >= 15 is 0 Å². The third kappa shape index (κ3) is 2.97. The first kappa shape index (κ1) is 13.2. The Morgan fingerprint density at radius 1 is 1.16 bits per heavy atom. The van der Waals surface area contributed by atoms with Gasteiger partial charge in [0.2, 0.25) is 0 Å². The molecule has 2 rings (SSSR count). The number of nitrogens with one attached hydrogen (secondary N) is 1. The lowest BCUT2D eigenvalue weighted by Crippen LogP contribution is -2.13. The molecule has 2 aromatic carbocycles. The molecule has 4 N–H and O–H groups in total. The van der Waals surface area contributed by atoms with Crippen LogP contribution in [0.2, 0.25) is 0 Å². The number of hydrogen-bond donors (Lipinski definition) is 3. The number of aromatic hydroxyl groups is 1. The van der Waals surface area contributed by atoms with Gasteiger partial charge >= 0.3 is 0 Å². The largest absolute Gasteiger partial charge is 0.506 e. The quantitative estimate of drug-likeness (QED) is 0.592. The van der Waals surface area contributed by atoms with Gasteiger partial charge in [0.1, 0.15) is 5.75 Å². The van der Waals surface area contributed by atoms with Gasteiger partial charge in [-0.1, -0.05) is 12.1 Å². The highest BCUT2D eigenvalue weighted by Crippen LogP contribution is 2.24. The molecular weight excluding hydrogens is 264 g/mol. The number of aryl methyl sites for hydroxylation is 1. The fraction of sp³-hybridized carbons (Fsp3) is 0.0769. The van der Waals surface area contributed by atoms with Crippen LogP contribution in [-0.2, 0) is 10.0 Å². The van der Waals surface area contributed by atoms with E-state index in [1.807, 2.05) is 13.0 Å². The van der Waals surface area contributed by atoms with Gasteiger partial charge in [0, 0.05) is 5.69 Å². The molecule has 0 radical (unpaired) electrons. The fourth-order valence-electron chi connectivity index (χ4n) is 1.62. The van der Waals surface area contributed by atoms with Crippen LogP contribution in [0.15, 0.2) is 47.4 Å². The van der Waals surface area contributed by atoms with E-state index < -0.39 is 10.0 Å². The number of nitrogens with two attached hydrogens (primary N) is 1. The Kier molecular flexibility index (Phi) is 3.35. The van der Waals surface area contributed by atoms with E-state index in [2.05, 4.69) is 4.72 Å². The average Bonchev–Trinajstić information content (AvgIpc) is 2.32. The number of sulfonamides is 1. The number of phenolic OH excluding ortho intramolecular Hbond substituents is 1. The lowest BCUT2D eigenvalue weighted by molar-refractivity contribution is 0.477. The van der Waals surface area contributed by atoms with Crippen molar-refractivity contribution in [2.24, 2.45) is 0 Å². The SMILES string of the molecule is Cc1cccc(NS(=O)(=O)c2ccc(O)c(N)c2)c1. The Bertz CT molecular complexity index is 712. The molecule has 0 atom stereocenters. The monoisotopic (exact) mass is 278 g/mol. The topological polar surface area (TPSA) is 92.4 Å². The standard InChI is InChI=1S/C13H14N2O3S/c1-9-3-2-4-10(7-9)15-19(17,18)11-5-6-13(16)12(14)8-11/h2-8,15-16H,14H2,1H3. The van der Waals surface area contributed by atoms with Crippen LogP contribution in [0, 0.1) is 6.92 Å². The highest BCUT2D eigenvalue weighted by Gasteiger charge is 2.15. The molecule has 0 unspecified atom stereocenters. The second-order valence-corrected chi connectivity index (χ2v) is 5.88. The molecule has 2 aromatic rings. The first-order valence-corrected chi connectivity index (χ1v) is 7.05. The van der Waals surface area contributed by atoms with Crippen molar-refractivity contribution in [2.75, 3.05) is 10.5 Å². The summed E-state index contributed by atoms with van der Waals surface area (Å²) in [5.41, 5.74) is 6.94. The second-order valence-electron chi connectivity index (χ2n) is 4.20. The van der Waals surface area contributed by atoms with Gasteiger partial charge in [0.05, 0.1) is 10.6 Å². The van der Waals surface area contributed by atoms with Gasteiger partial charge < -0.3 is 10.8 Å². The molecule has 6 heteroatoms. The van der Waals surface area contributed by atoms with Crippen molar-refractivity contribution in [1.82, 2.24) is 0 Å². The van der Waals surface area contributed by atoms with E-state index in [0.29, 0.717) is 5.69 Å². The highest BCUT2D eigenvalue weighted by atomic mass is 32.2. The predicted octanol–water partition coefficient (Wildman–Crippen LogP) is 2.08. The van der Waals surface area contributed by atoms with Crippen molar-refractivity contribution in [3.05, 3.63) is 48.0 Å². The molecule has 0 aliphatic heterocycles. The maximum absolute atomic E-state index is 12.1. The zero-order valence-electron chi connectivity index (χ0n) is 10.3. The Labute approximate surface area is 111 Å². The summed E-state index contributed by atoms with van der Waals surface area (Å²) < 4.78 is 26.7. The maximum atomic E-state index is 12.1. The fourth-order valence-corrected chi connectivity index (χ4v) is 2.71. The van der Waals surface area contributed by atoms with E-state index in [0.717, 1.165) is 5.56 Å². The lowest BCUT2D eigenvalue weighted by Gasteiger charge is -2.09. The zero-order chi connectivity index (χ0) is 14.0. The molecule has 0 saturated heterocycles. The van der Waals surface area contributed by atoms with Crippen molar-refractivity contribution in [1.29, 1.82) is 0 Å². The lowest BCUT2D eigenvalue weighted by atomic mass is 10.2. The van der Waals surface area contributed by atoms with Crippen molar-refractivity contribution in [2.45, 2.75) is 11.8 Å². The molecule has 0 spiro atoms. The van der Waals surface area contributed by atoms with Crippen LogP contribution in [0.3, 0.4) is 0 Å². The molecular formula is C13H14N2O3S. The van der Waals surface area contributed by atoms with Crippen molar-refractivity contribution < 1.29 is 13.5 Å². The molecule has 0 amide bonds. The van der Waals surface area contributed by atoms with Gasteiger partial charge in [-0.05, 0) is 42.8 Å². The Hall–Kier alpha value is -2.21. The normalized spacial score (nSPS) is 11.2. The van der Waals surface area contributed by atoms with Crippen molar-refractivity contribution in [3.8, 4) is 5.75 Å². The van der Waals surface area contributed by atoms with E-state index in [1.54, 1.807) is 18.2 Å². The Morgan fingerprint density at radius 2 is 1.89 bits per heavy atom. The van der Waals surface area contributed by atoms with Crippen LogP contribution >= 0.6 is 0 Å². The average molecular weight is 278 g/mol. The second kappa shape index (κ2) is 4.81. The Morgan fingerprint density at radius 3 is 2.53 bits per heavy atom. The van der Waals surface area contributed by atoms with Gasteiger partial charge in [-0.3, -0.25) is 4.72 Å². The summed E-state index contributed by atoms with van der Waals surface area (Å²) in [5, 5.41) is 9.30. The molecule has 19 heavy (non-hydrogen) atoms. The number of rotatable bonds is 3. The smallest absolute Gasteiger partial charge is 0.261 e. The molecule has 0 aromatic heterocycles. The van der Waals surface area contributed by atoms with Gasteiger partial charge in [-0.15, -0.1) is 0 Å². The number of nitrogen functional groups attached to an aromatic ring is 1. The molecule has 0 saturated carbocycles. The minimum Gasteiger partial charge on any atom is -0.506 e. The maximum Gasteiger partial charge on any atom is 0.261 e. The van der Waals surface area contributed by atoms with Crippen LogP contribution < -0.4 is 10.5 Å². The van der Waals surface area contributed by atoms with Crippen LogP contribution in [0.4, 0.5) is 11.4 Å². The molecule has 0 bridgehead atoms. The first-order chi connectivity index (χ1) is 8.88. The zero-order valence-corrected chi connectivity index (χ0v) is 11.1. The molecule has 0 aliphatic carbocycles. The van der Waals surface area contributed by atoms with E-state index in [-0.39, 0.29) is 16.3 Å².